The third-order valence-corrected chi connectivity index (χ3v) is 4.00. The van der Waals surface area contributed by atoms with Crippen LogP contribution in [0.3, 0.4) is 0 Å². The van der Waals surface area contributed by atoms with Crippen LogP contribution in [0.25, 0.3) is 10.8 Å². The van der Waals surface area contributed by atoms with Crippen molar-refractivity contribution in [1.29, 1.82) is 0 Å². The van der Waals surface area contributed by atoms with Gasteiger partial charge in [0.15, 0.2) is 0 Å². The van der Waals surface area contributed by atoms with Crippen LogP contribution in [0.15, 0.2) is 60.7 Å². The van der Waals surface area contributed by atoms with E-state index in [1.165, 1.54) is 28.0 Å². The zero-order valence-corrected chi connectivity index (χ0v) is 10.9. The lowest BCUT2D eigenvalue weighted by Gasteiger charge is -2.12. The maximum atomic E-state index is 13.3. The van der Waals surface area contributed by atoms with Crippen LogP contribution in [0.4, 0.5) is 10.1 Å². The van der Waals surface area contributed by atoms with E-state index in [0.29, 0.717) is 0 Å². The lowest BCUT2D eigenvalue weighted by molar-refractivity contribution is 0.628. The van der Waals surface area contributed by atoms with Crippen molar-refractivity contribution in [3.8, 4) is 0 Å². The number of rotatable bonds is 1. The Morgan fingerprint density at radius 3 is 2.65 bits per heavy atom. The Bertz CT molecular complexity index is 794. The Kier molecular flexibility index (Phi) is 2.49. The van der Waals surface area contributed by atoms with Gasteiger partial charge in [0.1, 0.15) is 5.82 Å². The lowest BCUT2D eigenvalue weighted by Crippen LogP contribution is -2.05. The second kappa shape index (κ2) is 4.34. The van der Waals surface area contributed by atoms with Gasteiger partial charge in [-0.25, -0.2) is 4.39 Å². The van der Waals surface area contributed by atoms with Crippen molar-refractivity contribution in [3.63, 3.8) is 0 Å². The second-order valence-corrected chi connectivity index (χ2v) is 5.31. The van der Waals surface area contributed by atoms with Crippen LogP contribution in [0.2, 0.25) is 0 Å². The van der Waals surface area contributed by atoms with Gasteiger partial charge in [-0.2, -0.15) is 0 Å². The summed E-state index contributed by atoms with van der Waals surface area (Å²) in [5.41, 5.74) is 3.35. The first-order chi connectivity index (χ1) is 9.79. The van der Waals surface area contributed by atoms with Crippen LogP contribution in [-0.2, 0) is 6.42 Å². The Hall–Kier alpha value is -2.35. The van der Waals surface area contributed by atoms with E-state index in [0.717, 1.165) is 12.1 Å². The number of hydrogen-bond acceptors (Lipinski definition) is 1. The highest BCUT2D eigenvalue weighted by Gasteiger charge is 2.22. The van der Waals surface area contributed by atoms with Crippen LogP contribution >= 0.6 is 0 Å². The van der Waals surface area contributed by atoms with Crippen molar-refractivity contribution in [1.82, 2.24) is 0 Å². The third kappa shape index (κ3) is 1.85. The molecule has 2 heteroatoms. The lowest BCUT2D eigenvalue weighted by atomic mass is 9.99. The van der Waals surface area contributed by atoms with Gasteiger partial charge in [-0.15, -0.1) is 0 Å². The summed E-state index contributed by atoms with van der Waals surface area (Å²) in [5.74, 6) is -0.185. The minimum atomic E-state index is -0.185. The Morgan fingerprint density at radius 2 is 1.75 bits per heavy atom. The number of hydrogen-bond donors (Lipinski definition) is 1. The molecule has 1 heterocycles. The first-order valence-electron chi connectivity index (χ1n) is 6.83. The fraction of sp³-hybridized carbons (Fsp3) is 0.111. The fourth-order valence-electron chi connectivity index (χ4n) is 2.95. The summed E-state index contributed by atoms with van der Waals surface area (Å²) in [6.45, 7) is 0. The molecule has 0 amide bonds. The van der Waals surface area contributed by atoms with Gasteiger partial charge >= 0.3 is 0 Å². The molecule has 1 aliphatic rings. The maximum absolute atomic E-state index is 13.3. The Morgan fingerprint density at radius 1 is 0.900 bits per heavy atom. The van der Waals surface area contributed by atoms with E-state index in [9.17, 15) is 4.39 Å². The predicted octanol–water partition coefficient (Wildman–Crippen LogP) is 4.69. The van der Waals surface area contributed by atoms with Crippen LogP contribution < -0.4 is 5.32 Å². The molecule has 0 saturated heterocycles. The highest BCUT2D eigenvalue weighted by Crippen LogP contribution is 2.35. The van der Waals surface area contributed by atoms with Gasteiger partial charge in [0.05, 0.1) is 6.04 Å². The van der Waals surface area contributed by atoms with E-state index in [1.807, 2.05) is 6.07 Å². The van der Waals surface area contributed by atoms with Gasteiger partial charge in [0.25, 0.3) is 0 Å². The number of halogens is 1. The summed E-state index contributed by atoms with van der Waals surface area (Å²) < 4.78 is 13.3. The van der Waals surface area contributed by atoms with Gasteiger partial charge in [0.2, 0.25) is 0 Å². The standard InChI is InChI=1S/C18H14FN/c19-16-8-7-15-10-17(20-18(15)11-16)14-6-5-12-3-1-2-4-13(12)9-14/h1-9,11,17,20H,10H2. The summed E-state index contributed by atoms with van der Waals surface area (Å²) >= 11 is 0. The van der Waals surface area contributed by atoms with E-state index in [4.69, 9.17) is 0 Å². The average Bonchev–Trinajstić information content (AvgIpc) is 2.89. The molecule has 0 spiro atoms. The van der Waals surface area contributed by atoms with Gasteiger partial charge in [-0.1, -0.05) is 42.5 Å². The van der Waals surface area contributed by atoms with Crippen molar-refractivity contribution in [2.75, 3.05) is 5.32 Å². The van der Waals surface area contributed by atoms with E-state index < -0.39 is 0 Å². The molecule has 0 radical (unpaired) electrons. The second-order valence-electron chi connectivity index (χ2n) is 5.31. The smallest absolute Gasteiger partial charge is 0.125 e. The molecule has 1 unspecified atom stereocenters. The Labute approximate surface area is 117 Å². The molecule has 98 valence electrons. The first-order valence-corrected chi connectivity index (χ1v) is 6.83. The third-order valence-electron chi connectivity index (χ3n) is 4.00. The quantitative estimate of drug-likeness (QED) is 0.671. The van der Waals surface area contributed by atoms with E-state index in [-0.39, 0.29) is 11.9 Å². The maximum Gasteiger partial charge on any atom is 0.125 e. The highest BCUT2D eigenvalue weighted by atomic mass is 19.1. The summed E-state index contributed by atoms with van der Waals surface area (Å²) in [7, 11) is 0. The molecular formula is C18H14FN. The molecule has 4 rings (SSSR count). The zero-order chi connectivity index (χ0) is 13.5. The van der Waals surface area contributed by atoms with E-state index >= 15 is 0 Å². The van der Waals surface area contributed by atoms with Crippen LogP contribution in [0, 0.1) is 5.82 Å². The molecule has 3 aromatic rings. The average molecular weight is 263 g/mol. The molecular weight excluding hydrogens is 249 g/mol. The minimum Gasteiger partial charge on any atom is -0.378 e. The van der Waals surface area contributed by atoms with Crippen molar-refractivity contribution < 1.29 is 4.39 Å². The zero-order valence-electron chi connectivity index (χ0n) is 10.9. The normalized spacial score (nSPS) is 16.9. The number of anilines is 1. The number of benzene rings is 3. The summed E-state index contributed by atoms with van der Waals surface area (Å²) in [6, 6.07) is 20.1. The summed E-state index contributed by atoms with van der Waals surface area (Å²) in [4.78, 5) is 0. The van der Waals surface area contributed by atoms with Gasteiger partial charge in [-0.05, 0) is 46.5 Å². The molecule has 20 heavy (non-hydrogen) atoms. The first kappa shape index (κ1) is 11.5. The number of fused-ring (bicyclic) bond motifs is 2. The van der Waals surface area contributed by atoms with Crippen LogP contribution in [0.1, 0.15) is 17.2 Å². The summed E-state index contributed by atoms with van der Waals surface area (Å²) in [6.07, 6.45) is 0.911. The SMILES string of the molecule is Fc1ccc2c(c1)NC(c1ccc3ccccc3c1)C2. The monoisotopic (exact) mass is 263 g/mol. The molecule has 1 atom stereocenters. The molecule has 1 nitrogen and oxygen atoms in total. The molecule has 0 bridgehead atoms. The van der Waals surface area contributed by atoms with Crippen molar-refractivity contribution >= 4 is 16.5 Å². The minimum absolute atomic E-state index is 0.185. The van der Waals surface area contributed by atoms with Crippen molar-refractivity contribution in [2.24, 2.45) is 0 Å². The van der Waals surface area contributed by atoms with E-state index in [1.54, 1.807) is 6.07 Å². The molecule has 0 aliphatic carbocycles. The predicted molar refractivity (Wildman–Crippen MR) is 80.4 cm³/mol. The van der Waals surface area contributed by atoms with E-state index in [2.05, 4.69) is 47.8 Å². The molecule has 0 saturated carbocycles. The Balaban J connectivity index is 1.71. The topological polar surface area (TPSA) is 12.0 Å². The van der Waals surface area contributed by atoms with Gasteiger partial charge < -0.3 is 5.32 Å². The molecule has 1 aliphatic heterocycles. The summed E-state index contributed by atoms with van der Waals surface area (Å²) in [5, 5.41) is 5.91. The van der Waals surface area contributed by atoms with Gasteiger partial charge in [-0.3, -0.25) is 0 Å². The van der Waals surface area contributed by atoms with Crippen molar-refractivity contribution in [3.05, 3.63) is 77.6 Å². The molecule has 1 N–H and O–H groups in total. The van der Waals surface area contributed by atoms with Crippen molar-refractivity contribution in [2.45, 2.75) is 12.5 Å². The van der Waals surface area contributed by atoms with Crippen LogP contribution in [0.5, 0.6) is 0 Å². The fourth-order valence-corrected chi connectivity index (χ4v) is 2.95. The van der Waals surface area contributed by atoms with Gasteiger partial charge in [0, 0.05) is 5.69 Å². The molecule has 0 fully saturated rings. The number of nitrogens with one attached hydrogen (secondary N) is 1. The molecule has 3 aromatic carbocycles. The largest absolute Gasteiger partial charge is 0.378 e. The molecule has 0 aromatic heterocycles. The van der Waals surface area contributed by atoms with Crippen LogP contribution in [-0.4, -0.2) is 0 Å². The highest BCUT2D eigenvalue weighted by molar-refractivity contribution is 5.83.